The number of hydrogen-bond donors (Lipinski definition) is 3. The van der Waals surface area contributed by atoms with Crippen molar-refractivity contribution in [3.05, 3.63) is 82.1 Å². The minimum Gasteiger partial charge on any atom is -0.491 e. The Balaban J connectivity index is 1.54. The number of ether oxygens (including phenoxy) is 2. The summed E-state index contributed by atoms with van der Waals surface area (Å²) in [6.45, 7) is 8.92. The molecule has 3 N–H and O–H groups in total. The van der Waals surface area contributed by atoms with Gasteiger partial charge in [0, 0.05) is 46.4 Å². The normalized spacial score (nSPS) is 12.9. The summed E-state index contributed by atoms with van der Waals surface area (Å²) in [5.41, 5.74) is 0.790. The van der Waals surface area contributed by atoms with E-state index in [1.807, 2.05) is 26.8 Å². The topological polar surface area (TPSA) is 140 Å². The van der Waals surface area contributed by atoms with Crippen LogP contribution in [-0.4, -0.2) is 57.9 Å². The molecule has 0 radical (unpaired) electrons. The summed E-state index contributed by atoms with van der Waals surface area (Å²) in [5.74, 6) is -4.18. The third-order valence-electron chi connectivity index (χ3n) is 7.08. The van der Waals surface area contributed by atoms with Crippen LogP contribution in [0.3, 0.4) is 0 Å². The quantitative estimate of drug-likeness (QED) is 0.142. The van der Waals surface area contributed by atoms with Crippen molar-refractivity contribution >= 4 is 29.1 Å². The maximum atomic E-state index is 15.1. The number of nitrogens with one attached hydrogen (secondary N) is 2. The zero-order valence-corrected chi connectivity index (χ0v) is 28.0. The molecule has 0 fully saturated rings. The van der Waals surface area contributed by atoms with Gasteiger partial charge in [-0.1, -0.05) is 45.0 Å². The highest BCUT2D eigenvalue weighted by Gasteiger charge is 2.32. The molecule has 2 unspecified atom stereocenters. The van der Waals surface area contributed by atoms with Gasteiger partial charge in [0.25, 0.3) is 5.91 Å². The number of carboxylic acid groups (broad SMARTS) is 1. The van der Waals surface area contributed by atoms with Gasteiger partial charge in [0.1, 0.15) is 17.8 Å². The summed E-state index contributed by atoms with van der Waals surface area (Å²) in [6, 6.07) is 9.57. The van der Waals surface area contributed by atoms with Crippen LogP contribution < -0.4 is 20.1 Å². The van der Waals surface area contributed by atoms with E-state index >= 15 is 4.39 Å². The largest absolute Gasteiger partial charge is 0.573 e. The highest BCUT2D eigenvalue weighted by molar-refractivity contribution is 7.14. The number of thiophene rings is 1. The smallest absolute Gasteiger partial charge is 0.491 e. The number of benzene rings is 2. The SMILES string of the molecule is CCOc1cc(OC(F)(F)F)cc(-c2cnc(-c3ccc(CC(NC(=O)c4ccc(C(C)(C)C)s4)C(=O)NC(C)C(=O)O)cc3)nc2)c1F. The van der Waals surface area contributed by atoms with Crippen LogP contribution in [0.2, 0.25) is 0 Å². The lowest BCUT2D eigenvalue weighted by molar-refractivity contribution is -0.274. The fraction of sp³-hybridized carbons (Fsp3) is 0.324. The molecule has 49 heavy (non-hydrogen) atoms. The molecule has 0 bridgehead atoms. The van der Waals surface area contributed by atoms with E-state index in [1.54, 1.807) is 37.3 Å². The van der Waals surface area contributed by atoms with E-state index in [2.05, 4.69) is 25.3 Å². The summed E-state index contributed by atoms with van der Waals surface area (Å²) in [5, 5.41) is 14.4. The van der Waals surface area contributed by atoms with Crippen LogP contribution in [0.25, 0.3) is 22.5 Å². The van der Waals surface area contributed by atoms with Crippen LogP contribution in [0, 0.1) is 5.82 Å². The van der Waals surface area contributed by atoms with E-state index in [1.165, 1.54) is 30.7 Å². The first kappa shape index (κ1) is 36.8. The van der Waals surface area contributed by atoms with Crippen molar-refractivity contribution in [1.82, 2.24) is 20.6 Å². The van der Waals surface area contributed by atoms with Crippen LogP contribution in [-0.2, 0) is 21.4 Å². The number of aromatic nitrogens is 2. The number of carbonyl (C=O) groups excluding carboxylic acids is 2. The molecule has 260 valence electrons. The Morgan fingerprint density at radius 1 is 0.959 bits per heavy atom. The number of nitrogens with zero attached hydrogens (tertiary/aromatic N) is 2. The Morgan fingerprint density at radius 2 is 1.61 bits per heavy atom. The molecule has 2 aromatic heterocycles. The van der Waals surface area contributed by atoms with Crippen LogP contribution in [0.5, 0.6) is 11.5 Å². The second-order valence-electron chi connectivity index (χ2n) is 12.0. The molecule has 0 aliphatic carbocycles. The molecule has 10 nitrogen and oxygen atoms in total. The Labute approximate surface area is 283 Å². The predicted octanol–water partition coefficient (Wildman–Crippen LogP) is 6.54. The van der Waals surface area contributed by atoms with Gasteiger partial charge in [0.05, 0.1) is 11.5 Å². The number of rotatable bonds is 12. The Hall–Kier alpha value is -5.05. The maximum Gasteiger partial charge on any atom is 0.573 e. The Kier molecular flexibility index (Phi) is 11.3. The van der Waals surface area contributed by atoms with E-state index in [0.717, 1.165) is 17.0 Å². The third-order valence-corrected chi connectivity index (χ3v) is 8.59. The second-order valence-corrected chi connectivity index (χ2v) is 13.1. The zero-order valence-electron chi connectivity index (χ0n) is 27.1. The highest BCUT2D eigenvalue weighted by atomic mass is 32.1. The van der Waals surface area contributed by atoms with Crippen LogP contribution in [0.4, 0.5) is 17.6 Å². The van der Waals surface area contributed by atoms with Gasteiger partial charge in [-0.15, -0.1) is 24.5 Å². The van der Waals surface area contributed by atoms with Gasteiger partial charge in [-0.2, -0.15) is 0 Å². The van der Waals surface area contributed by atoms with Crippen LogP contribution in [0.1, 0.15) is 54.7 Å². The van der Waals surface area contributed by atoms with Gasteiger partial charge in [-0.25, -0.2) is 14.4 Å². The van der Waals surface area contributed by atoms with E-state index < -0.39 is 53.5 Å². The zero-order chi connectivity index (χ0) is 36.1. The average Bonchev–Trinajstić information content (AvgIpc) is 3.54. The molecular weight excluding hydrogens is 668 g/mol. The molecule has 4 aromatic rings. The van der Waals surface area contributed by atoms with E-state index in [9.17, 15) is 32.7 Å². The van der Waals surface area contributed by atoms with Gasteiger partial charge < -0.3 is 25.2 Å². The van der Waals surface area contributed by atoms with Crippen molar-refractivity contribution < 1.29 is 46.5 Å². The number of alkyl halides is 3. The molecule has 2 heterocycles. The van der Waals surface area contributed by atoms with E-state index in [0.29, 0.717) is 16.0 Å². The minimum absolute atomic E-state index is 0.00341. The fourth-order valence-electron chi connectivity index (χ4n) is 4.55. The molecule has 2 atom stereocenters. The lowest BCUT2D eigenvalue weighted by Crippen LogP contribution is -2.51. The second kappa shape index (κ2) is 15.0. The molecule has 0 aliphatic heterocycles. The molecule has 2 amide bonds. The molecule has 0 spiro atoms. The first-order chi connectivity index (χ1) is 22.9. The fourth-order valence-corrected chi connectivity index (χ4v) is 5.52. The lowest BCUT2D eigenvalue weighted by Gasteiger charge is -2.20. The highest BCUT2D eigenvalue weighted by Crippen LogP contribution is 2.36. The number of hydrogen-bond acceptors (Lipinski definition) is 8. The Bertz CT molecular complexity index is 1810. The number of carboxylic acids is 1. The maximum absolute atomic E-state index is 15.1. The minimum atomic E-state index is -5.00. The van der Waals surface area contributed by atoms with Crippen molar-refractivity contribution in [1.29, 1.82) is 0 Å². The summed E-state index contributed by atoms with van der Waals surface area (Å²) < 4.78 is 62.9. The molecule has 15 heteroatoms. The third kappa shape index (κ3) is 9.75. The van der Waals surface area contributed by atoms with Gasteiger partial charge in [0.15, 0.2) is 17.4 Å². The summed E-state index contributed by atoms with van der Waals surface area (Å²) in [6.07, 6.45) is -2.48. The summed E-state index contributed by atoms with van der Waals surface area (Å²) in [7, 11) is 0. The van der Waals surface area contributed by atoms with E-state index in [-0.39, 0.29) is 35.4 Å². The van der Waals surface area contributed by atoms with Crippen molar-refractivity contribution in [3.8, 4) is 34.0 Å². The summed E-state index contributed by atoms with van der Waals surface area (Å²) >= 11 is 1.30. The van der Waals surface area contributed by atoms with Crippen molar-refractivity contribution in [3.63, 3.8) is 0 Å². The first-order valence-electron chi connectivity index (χ1n) is 15.0. The lowest BCUT2D eigenvalue weighted by atomic mass is 9.95. The number of amides is 2. The standard InChI is InChI=1S/C34H34F4N4O6S/c1-6-47-25-15-22(48-34(36,37)38)14-23(28(25)35)21-16-39-29(40-17-21)20-9-7-19(8-10-20)13-24(30(43)41-18(2)32(45)46)42-31(44)26-11-12-27(49-26)33(3,4)5/h7-12,14-18,24H,6,13H2,1-5H3,(H,41,43)(H,42,44)(H,45,46). The molecule has 0 saturated carbocycles. The van der Waals surface area contributed by atoms with Crippen LogP contribution >= 0.6 is 11.3 Å². The van der Waals surface area contributed by atoms with Crippen LogP contribution in [0.15, 0.2) is 60.9 Å². The number of carbonyl (C=O) groups is 3. The molecule has 4 rings (SSSR count). The average molecular weight is 703 g/mol. The summed E-state index contributed by atoms with van der Waals surface area (Å²) in [4.78, 5) is 47.5. The molecule has 2 aromatic carbocycles. The van der Waals surface area contributed by atoms with Crippen molar-refractivity contribution in [2.75, 3.05) is 6.61 Å². The van der Waals surface area contributed by atoms with E-state index in [4.69, 9.17) is 4.74 Å². The molecular formula is C34H34F4N4O6S. The number of aliphatic carboxylic acids is 1. The Morgan fingerprint density at radius 3 is 2.16 bits per heavy atom. The van der Waals surface area contributed by atoms with Gasteiger partial charge in [-0.05, 0) is 43.0 Å². The van der Waals surface area contributed by atoms with Gasteiger partial charge in [-0.3, -0.25) is 14.4 Å². The first-order valence-corrected chi connectivity index (χ1v) is 15.8. The number of halogens is 4. The molecule has 0 aliphatic rings. The predicted molar refractivity (Wildman–Crippen MR) is 174 cm³/mol. The van der Waals surface area contributed by atoms with Gasteiger partial charge >= 0.3 is 12.3 Å². The molecule has 0 saturated heterocycles. The van der Waals surface area contributed by atoms with Crippen molar-refractivity contribution in [2.45, 2.75) is 64.9 Å². The monoisotopic (exact) mass is 702 g/mol. The van der Waals surface area contributed by atoms with Gasteiger partial charge in [0.2, 0.25) is 5.91 Å². The van der Waals surface area contributed by atoms with Crippen molar-refractivity contribution in [2.24, 2.45) is 0 Å².